The number of ether oxygens (including phenoxy) is 2. The largest absolute Gasteiger partial charge is 0.502 e. The number of rotatable bonds is 9. The molecule has 8 nitrogen and oxygen atoms in total. The van der Waals surface area contributed by atoms with Crippen molar-refractivity contribution in [1.29, 1.82) is 0 Å². The smallest absolute Gasteiger partial charge is 0.227 e. The first-order valence-electron chi connectivity index (χ1n) is 12.9. The van der Waals surface area contributed by atoms with Crippen molar-refractivity contribution in [2.24, 2.45) is 0 Å². The second-order valence-electron chi connectivity index (χ2n) is 9.99. The van der Waals surface area contributed by atoms with E-state index in [2.05, 4.69) is 17.6 Å². The normalized spacial score (nSPS) is 13.7. The number of aromatic nitrogens is 1. The molecule has 1 amide bonds. The SMILES string of the molecule is C=C(C)COc1ccc([C@H](CC(=O)N2CCc3c([nH]c4ccccc34)C2)c2oc(COC)cc(=O)c2O)cc1. The van der Waals surface area contributed by atoms with Crippen LogP contribution in [-0.4, -0.2) is 41.2 Å². The number of H-pyrrole nitrogens is 1. The number of carbonyl (C=O) groups excluding carboxylic acids is 1. The van der Waals surface area contributed by atoms with Crippen LogP contribution >= 0.6 is 0 Å². The number of benzene rings is 2. The molecule has 1 aliphatic heterocycles. The third kappa shape index (κ3) is 5.61. The number of methoxy groups -OCH3 is 1. The quantitative estimate of drug-likeness (QED) is 0.295. The lowest BCUT2D eigenvalue weighted by molar-refractivity contribution is -0.132. The molecule has 1 atom stereocenters. The standard InChI is InChI=1S/C31H32N2O6/c1-19(2)17-38-21-10-8-20(9-11-21)25(31-30(36)28(34)14-22(39-31)18-37-3)15-29(35)33-13-12-24-23-6-4-5-7-26(23)32-27(24)16-33/h4-11,14,25,32,36H,1,12-13,15-18H2,2-3H3/t25-/m0/s1. The Morgan fingerprint density at radius 2 is 1.97 bits per heavy atom. The van der Waals surface area contributed by atoms with Crippen molar-refractivity contribution in [2.45, 2.75) is 38.8 Å². The Balaban J connectivity index is 1.45. The minimum absolute atomic E-state index is 0.00840. The number of para-hydroxylation sites is 1. The van der Waals surface area contributed by atoms with E-state index < -0.39 is 17.1 Å². The van der Waals surface area contributed by atoms with Crippen molar-refractivity contribution in [3.63, 3.8) is 0 Å². The van der Waals surface area contributed by atoms with E-state index in [1.807, 2.05) is 42.2 Å². The molecule has 2 aromatic carbocycles. The zero-order chi connectivity index (χ0) is 27.5. The minimum Gasteiger partial charge on any atom is -0.502 e. The average Bonchev–Trinajstić information content (AvgIpc) is 3.31. The van der Waals surface area contributed by atoms with Crippen LogP contribution in [0.15, 0.2) is 76.0 Å². The first kappa shape index (κ1) is 26.3. The molecule has 1 aliphatic rings. The third-order valence-corrected chi connectivity index (χ3v) is 6.98. The number of nitrogens with one attached hydrogen (secondary N) is 1. The lowest BCUT2D eigenvalue weighted by Gasteiger charge is -2.29. The summed E-state index contributed by atoms with van der Waals surface area (Å²) in [6.45, 7) is 7.22. The van der Waals surface area contributed by atoms with Gasteiger partial charge in [0.15, 0.2) is 5.76 Å². The van der Waals surface area contributed by atoms with Gasteiger partial charge in [-0.2, -0.15) is 0 Å². The predicted octanol–water partition coefficient (Wildman–Crippen LogP) is 5.03. The molecular formula is C31H32N2O6. The summed E-state index contributed by atoms with van der Waals surface area (Å²) in [7, 11) is 1.49. The van der Waals surface area contributed by atoms with Crippen LogP contribution in [0.3, 0.4) is 0 Å². The van der Waals surface area contributed by atoms with E-state index in [1.54, 1.807) is 12.1 Å². The number of amides is 1. The van der Waals surface area contributed by atoms with Crippen molar-refractivity contribution >= 4 is 16.8 Å². The predicted molar refractivity (Wildman–Crippen MR) is 148 cm³/mol. The van der Waals surface area contributed by atoms with E-state index >= 15 is 0 Å². The van der Waals surface area contributed by atoms with Crippen molar-refractivity contribution in [3.05, 3.63) is 105 Å². The van der Waals surface area contributed by atoms with E-state index in [0.29, 0.717) is 31.0 Å². The molecule has 3 heterocycles. The van der Waals surface area contributed by atoms with Crippen LogP contribution in [0.1, 0.15) is 47.6 Å². The van der Waals surface area contributed by atoms with Crippen LogP contribution in [0.2, 0.25) is 0 Å². The van der Waals surface area contributed by atoms with Gasteiger partial charge in [-0.25, -0.2) is 0 Å². The molecule has 2 N–H and O–H groups in total. The maximum atomic E-state index is 13.7. The molecule has 0 radical (unpaired) electrons. The fourth-order valence-electron chi connectivity index (χ4n) is 5.08. The summed E-state index contributed by atoms with van der Waals surface area (Å²) in [6.07, 6.45) is 0.753. The number of fused-ring (bicyclic) bond motifs is 3. The highest BCUT2D eigenvalue weighted by Gasteiger charge is 2.30. The van der Waals surface area contributed by atoms with Crippen LogP contribution < -0.4 is 10.2 Å². The van der Waals surface area contributed by atoms with Crippen LogP contribution in [0.5, 0.6) is 11.5 Å². The number of aromatic amines is 1. The molecular weight excluding hydrogens is 496 g/mol. The molecule has 4 aromatic rings. The van der Waals surface area contributed by atoms with Crippen LogP contribution in [0.4, 0.5) is 0 Å². The highest BCUT2D eigenvalue weighted by molar-refractivity contribution is 5.86. The third-order valence-electron chi connectivity index (χ3n) is 6.98. The molecule has 0 fully saturated rings. The molecule has 5 rings (SSSR count). The summed E-state index contributed by atoms with van der Waals surface area (Å²) in [5.41, 5.74) is 4.36. The molecule has 0 bridgehead atoms. The van der Waals surface area contributed by atoms with Crippen LogP contribution in [0.25, 0.3) is 10.9 Å². The van der Waals surface area contributed by atoms with Crippen LogP contribution in [-0.2, 0) is 29.1 Å². The highest BCUT2D eigenvalue weighted by Crippen LogP contribution is 2.35. The van der Waals surface area contributed by atoms with E-state index in [0.717, 1.165) is 23.2 Å². The topological polar surface area (TPSA) is 105 Å². The Labute approximate surface area is 226 Å². The second-order valence-corrected chi connectivity index (χ2v) is 9.99. The van der Waals surface area contributed by atoms with Gasteiger partial charge in [0.25, 0.3) is 0 Å². The number of carbonyl (C=O) groups is 1. The van der Waals surface area contributed by atoms with Gasteiger partial charge in [-0.15, -0.1) is 0 Å². The fourth-order valence-corrected chi connectivity index (χ4v) is 5.08. The first-order chi connectivity index (χ1) is 18.8. The summed E-state index contributed by atoms with van der Waals surface area (Å²) >= 11 is 0. The minimum atomic E-state index is -0.693. The molecule has 0 spiro atoms. The van der Waals surface area contributed by atoms with E-state index in [-0.39, 0.29) is 30.5 Å². The lowest BCUT2D eigenvalue weighted by Crippen LogP contribution is -2.36. The molecule has 0 saturated carbocycles. The fraction of sp³-hybridized carbons (Fsp3) is 0.290. The van der Waals surface area contributed by atoms with E-state index in [4.69, 9.17) is 13.9 Å². The van der Waals surface area contributed by atoms with Gasteiger partial charge in [-0.05, 0) is 48.2 Å². The van der Waals surface area contributed by atoms with Gasteiger partial charge >= 0.3 is 0 Å². The molecule has 0 aliphatic carbocycles. The van der Waals surface area contributed by atoms with Crippen LogP contribution in [0, 0.1) is 0 Å². The Bertz CT molecular complexity index is 1570. The number of aromatic hydroxyl groups is 1. The Morgan fingerprint density at radius 1 is 1.21 bits per heavy atom. The first-order valence-corrected chi connectivity index (χ1v) is 12.9. The van der Waals surface area contributed by atoms with Gasteiger partial charge in [0.1, 0.15) is 24.7 Å². The number of hydrogen-bond donors (Lipinski definition) is 2. The van der Waals surface area contributed by atoms with E-state index in [9.17, 15) is 14.7 Å². The van der Waals surface area contributed by atoms with Gasteiger partial charge < -0.3 is 28.9 Å². The Morgan fingerprint density at radius 3 is 2.72 bits per heavy atom. The van der Waals surface area contributed by atoms with Crippen molar-refractivity contribution in [2.75, 3.05) is 20.3 Å². The maximum Gasteiger partial charge on any atom is 0.227 e. The van der Waals surface area contributed by atoms with E-state index in [1.165, 1.54) is 24.1 Å². The summed E-state index contributed by atoms with van der Waals surface area (Å²) in [4.78, 5) is 31.5. The summed E-state index contributed by atoms with van der Waals surface area (Å²) < 4.78 is 16.8. The van der Waals surface area contributed by atoms with Gasteiger partial charge in [0.2, 0.25) is 17.1 Å². The molecule has 0 saturated heterocycles. The molecule has 39 heavy (non-hydrogen) atoms. The maximum absolute atomic E-state index is 13.7. The van der Waals surface area contributed by atoms with Gasteiger partial charge in [0.05, 0.1) is 12.5 Å². The molecule has 0 unspecified atom stereocenters. The monoisotopic (exact) mass is 528 g/mol. The zero-order valence-electron chi connectivity index (χ0n) is 22.2. The second kappa shape index (κ2) is 11.2. The number of nitrogens with zero attached hydrogens (tertiary/aromatic N) is 1. The Hall–Kier alpha value is -4.30. The zero-order valence-corrected chi connectivity index (χ0v) is 22.2. The van der Waals surface area contributed by atoms with Crippen molar-refractivity contribution in [1.82, 2.24) is 9.88 Å². The Kier molecular flexibility index (Phi) is 7.56. The summed E-state index contributed by atoms with van der Waals surface area (Å²) in [5, 5.41) is 11.9. The molecule has 202 valence electrons. The van der Waals surface area contributed by atoms with Gasteiger partial charge in [0, 0.05) is 42.7 Å². The molecule has 2 aromatic heterocycles. The highest BCUT2D eigenvalue weighted by atomic mass is 16.5. The summed E-state index contributed by atoms with van der Waals surface area (Å²) in [5.74, 6) is -0.344. The number of hydrogen-bond acceptors (Lipinski definition) is 6. The van der Waals surface area contributed by atoms with Gasteiger partial charge in [-0.1, -0.05) is 36.9 Å². The lowest BCUT2D eigenvalue weighted by atomic mass is 9.91. The van der Waals surface area contributed by atoms with Crippen molar-refractivity contribution < 1.29 is 23.8 Å². The summed E-state index contributed by atoms with van der Waals surface area (Å²) in [6, 6.07) is 16.6. The molecule has 8 heteroatoms. The van der Waals surface area contributed by atoms with Gasteiger partial charge in [-0.3, -0.25) is 9.59 Å². The average molecular weight is 529 g/mol. The van der Waals surface area contributed by atoms with Crippen molar-refractivity contribution in [3.8, 4) is 11.5 Å².